The maximum absolute atomic E-state index is 12.1. The first-order valence-corrected chi connectivity index (χ1v) is 8.04. The molecular formula is C15H18Cl3NO5. The van der Waals surface area contributed by atoms with Gasteiger partial charge in [-0.25, -0.2) is 9.59 Å². The highest BCUT2D eigenvalue weighted by Crippen LogP contribution is 2.26. The third kappa shape index (κ3) is 9.05. The fourth-order valence-corrected chi connectivity index (χ4v) is 1.58. The molecule has 0 aliphatic carbocycles. The van der Waals surface area contributed by atoms with Crippen molar-refractivity contribution in [1.29, 1.82) is 0 Å². The maximum atomic E-state index is 12.1. The first-order chi connectivity index (χ1) is 11.0. The second-order valence-corrected chi connectivity index (χ2v) is 8.20. The summed E-state index contributed by atoms with van der Waals surface area (Å²) in [5, 5.41) is 2.27. The molecule has 0 aliphatic rings. The van der Waals surface area contributed by atoms with Crippen LogP contribution in [-0.4, -0.2) is 34.3 Å². The maximum Gasteiger partial charge on any atom is 0.410 e. The highest BCUT2D eigenvalue weighted by molar-refractivity contribution is 6.67. The average Bonchev–Trinajstić information content (AvgIpc) is 2.42. The third-order valence-corrected chi connectivity index (χ3v) is 2.56. The normalized spacial score (nSPS) is 12.9. The molecule has 1 atom stereocenters. The number of hydrogen-bond donors (Lipinski definition) is 1. The summed E-state index contributed by atoms with van der Waals surface area (Å²) < 4.78 is 13.6. The number of carbonyl (C=O) groups is 2. The van der Waals surface area contributed by atoms with Gasteiger partial charge in [-0.3, -0.25) is 5.32 Å². The number of alkyl carbamates (subject to hydrolysis) is 1. The van der Waals surface area contributed by atoms with Gasteiger partial charge >= 0.3 is 12.1 Å². The van der Waals surface area contributed by atoms with Gasteiger partial charge in [0.25, 0.3) is 6.23 Å². The number of esters is 1. The summed E-state index contributed by atoms with van der Waals surface area (Å²) in [6.07, 6.45) is -2.32. The summed E-state index contributed by atoms with van der Waals surface area (Å²) in [7, 11) is 0. The number of carbonyl (C=O) groups excluding carboxylic acids is 2. The van der Waals surface area contributed by atoms with Crippen LogP contribution in [0.1, 0.15) is 20.8 Å². The van der Waals surface area contributed by atoms with Gasteiger partial charge in [0.15, 0.2) is 0 Å². The molecular weight excluding hydrogens is 381 g/mol. The van der Waals surface area contributed by atoms with Crippen LogP contribution in [0.4, 0.5) is 4.79 Å². The molecule has 134 valence electrons. The monoisotopic (exact) mass is 397 g/mol. The highest BCUT2D eigenvalue weighted by Gasteiger charge is 2.30. The number of para-hydroxylation sites is 1. The molecule has 1 unspecified atom stereocenters. The predicted octanol–water partition coefficient (Wildman–Crippen LogP) is 3.83. The van der Waals surface area contributed by atoms with Crippen molar-refractivity contribution >= 4 is 46.9 Å². The summed E-state index contributed by atoms with van der Waals surface area (Å²) in [6.45, 7) is 4.55. The summed E-state index contributed by atoms with van der Waals surface area (Å²) in [4.78, 5) is 24.0. The summed E-state index contributed by atoms with van der Waals surface area (Å²) >= 11 is 16.6. The van der Waals surface area contributed by atoms with E-state index in [9.17, 15) is 9.59 Å². The number of rotatable bonds is 5. The molecule has 0 bridgehead atoms. The zero-order valence-electron chi connectivity index (χ0n) is 13.3. The van der Waals surface area contributed by atoms with E-state index in [1.165, 1.54) is 0 Å². The van der Waals surface area contributed by atoms with Crippen molar-refractivity contribution in [2.75, 3.05) is 6.61 Å². The molecule has 0 saturated heterocycles. The lowest BCUT2D eigenvalue weighted by Gasteiger charge is -2.23. The SMILES string of the molecule is CC(C)(C)OC(=O)NC(Oc1ccccc1)C(=O)OCC(Cl)(Cl)Cl. The van der Waals surface area contributed by atoms with Crippen LogP contribution in [0.25, 0.3) is 0 Å². The first-order valence-electron chi connectivity index (χ1n) is 6.91. The van der Waals surface area contributed by atoms with E-state index in [2.05, 4.69) is 5.32 Å². The Morgan fingerprint density at radius 2 is 1.71 bits per heavy atom. The number of ether oxygens (including phenoxy) is 3. The largest absolute Gasteiger partial charge is 0.459 e. The second-order valence-electron chi connectivity index (χ2n) is 5.68. The molecule has 1 aromatic rings. The highest BCUT2D eigenvalue weighted by atomic mass is 35.6. The molecule has 0 aromatic heterocycles. The topological polar surface area (TPSA) is 73.9 Å². The number of nitrogens with one attached hydrogen (secondary N) is 1. The molecule has 24 heavy (non-hydrogen) atoms. The van der Waals surface area contributed by atoms with Gasteiger partial charge in [-0.1, -0.05) is 53.0 Å². The standard InChI is InChI=1S/C15H18Cl3NO5/c1-14(2,3)24-13(21)19-11(12(20)22-9-15(16,17)18)23-10-7-5-4-6-8-10/h4-8,11H,9H2,1-3H3,(H,19,21). The molecule has 1 aromatic carbocycles. The summed E-state index contributed by atoms with van der Waals surface area (Å²) in [5.74, 6) is -0.597. The van der Waals surface area contributed by atoms with Crippen LogP contribution in [0.5, 0.6) is 5.75 Å². The van der Waals surface area contributed by atoms with Crippen molar-refractivity contribution in [2.45, 2.75) is 36.4 Å². The average molecular weight is 399 g/mol. The Bertz CT molecular complexity index is 554. The smallest absolute Gasteiger partial charge is 0.410 e. The number of hydrogen-bond acceptors (Lipinski definition) is 5. The van der Waals surface area contributed by atoms with Gasteiger partial charge in [0, 0.05) is 0 Å². The minimum atomic E-state index is -1.78. The molecule has 0 radical (unpaired) electrons. The molecule has 0 heterocycles. The fourth-order valence-electron chi connectivity index (χ4n) is 1.41. The molecule has 9 heteroatoms. The minimum Gasteiger partial charge on any atom is -0.459 e. The van der Waals surface area contributed by atoms with Crippen LogP contribution in [0.15, 0.2) is 30.3 Å². The van der Waals surface area contributed by atoms with E-state index < -0.39 is 34.3 Å². The van der Waals surface area contributed by atoms with Gasteiger partial charge in [-0.15, -0.1) is 0 Å². The van der Waals surface area contributed by atoms with Gasteiger partial charge in [0.1, 0.15) is 18.0 Å². The Morgan fingerprint density at radius 1 is 1.12 bits per heavy atom. The van der Waals surface area contributed by atoms with Crippen molar-refractivity contribution in [3.63, 3.8) is 0 Å². The third-order valence-electron chi connectivity index (χ3n) is 2.24. The van der Waals surface area contributed by atoms with Crippen LogP contribution < -0.4 is 10.1 Å². The van der Waals surface area contributed by atoms with E-state index in [4.69, 9.17) is 49.0 Å². The zero-order valence-corrected chi connectivity index (χ0v) is 15.6. The molecule has 1 rings (SSSR count). The second kappa shape index (κ2) is 8.65. The first kappa shape index (κ1) is 20.7. The van der Waals surface area contributed by atoms with Crippen LogP contribution in [-0.2, 0) is 14.3 Å². The van der Waals surface area contributed by atoms with Gasteiger partial charge in [-0.05, 0) is 32.9 Å². The van der Waals surface area contributed by atoms with E-state index in [0.29, 0.717) is 5.75 Å². The fraction of sp³-hybridized carbons (Fsp3) is 0.467. The Morgan fingerprint density at radius 3 is 2.21 bits per heavy atom. The predicted molar refractivity (Wildman–Crippen MR) is 91.5 cm³/mol. The number of benzene rings is 1. The van der Waals surface area contributed by atoms with E-state index in [1.54, 1.807) is 51.1 Å². The number of halogens is 3. The van der Waals surface area contributed by atoms with Gasteiger partial charge in [0.05, 0.1) is 0 Å². The number of alkyl halides is 3. The Hall–Kier alpha value is -1.37. The Labute approximate surface area is 155 Å². The van der Waals surface area contributed by atoms with Crippen LogP contribution in [0.3, 0.4) is 0 Å². The molecule has 1 amide bonds. The van der Waals surface area contributed by atoms with Crippen molar-refractivity contribution in [3.8, 4) is 5.75 Å². The van der Waals surface area contributed by atoms with E-state index in [-0.39, 0.29) is 0 Å². The Kier molecular flexibility index (Phi) is 7.45. The summed E-state index contributed by atoms with van der Waals surface area (Å²) in [5.41, 5.74) is -0.747. The van der Waals surface area contributed by atoms with Gasteiger partial charge in [-0.2, -0.15) is 0 Å². The molecule has 6 nitrogen and oxygen atoms in total. The zero-order chi connectivity index (χ0) is 18.4. The van der Waals surface area contributed by atoms with E-state index in [0.717, 1.165) is 0 Å². The van der Waals surface area contributed by atoms with Crippen molar-refractivity contribution in [2.24, 2.45) is 0 Å². The van der Waals surface area contributed by atoms with Crippen LogP contribution >= 0.6 is 34.8 Å². The molecule has 0 aliphatic heterocycles. The van der Waals surface area contributed by atoms with Gasteiger partial charge in [0.2, 0.25) is 3.79 Å². The Balaban J connectivity index is 2.78. The molecule has 0 saturated carbocycles. The minimum absolute atomic E-state index is 0.337. The molecule has 0 fully saturated rings. The van der Waals surface area contributed by atoms with Crippen molar-refractivity contribution in [1.82, 2.24) is 5.32 Å². The van der Waals surface area contributed by atoms with E-state index in [1.807, 2.05) is 0 Å². The van der Waals surface area contributed by atoms with E-state index >= 15 is 0 Å². The van der Waals surface area contributed by atoms with Crippen LogP contribution in [0.2, 0.25) is 0 Å². The summed E-state index contributed by atoms with van der Waals surface area (Å²) in [6, 6.07) is 8.38. The van der Waals surface area contributed by atoms with Gasteiger partial charge < -0.3 is 14.2 Å². The molecule has 1 N–H and O–H groups in total. The lowest BCUT2D eigenvalue weighted by Crippen LogP contribution is -2.48. The van der Waals surface area contributed by atoms with Crippen molar-refractivity contribution in [3.05, 3.63) is 30.3 Å². The number of amides is 1. The van der Waals surface area contributed by atoms with Crippen molar-refractivity contribution < 1.29 is 23.8 Å². The lowest BCUT2D eigenvalue weighted by atomic mass is 10.2. The molecule has 0 spiro atoms. The lowest BCUT2D eigenvalue weighted by molar-refractivity contribution is -0.153. The quantitative estimate of drug-likeness (QED) is 0.463. The van der Waals surface area contributed by atoms with Crippen LogP contribution in [0, 0.1) is 0 Å².